The number of halogens is 1. The van der Waals surface area contributed by atoms with E-state index in [0.717, 1.165) is 24.8 Å². The summed E-state index contributed by atoms with van der Waals surface area (Å²) in [6.07, 6.45) is 7.81. The summed E-state index contributed by atoms with van der Waals surface area (Å²) in [5.74, 6) is 1.04. The number of rotatable bonds is 1. The van der Waals surface area contributed by atoms with Gasteiger partial charge in [0.2, 0.25) is 0 Å². The van der Waals surface area contributed by atoms with E-state index in [1.165, 1.54) is 0 Å². The number of aliphatic hydroxyl groups is 1. The first-order valence-electron chi connectivity index (χ1n) is 9.87. The van der Waals surface area contributed by atoms with Gasteiger partial charge in [0.05, 0.1) is 11.0 Å². The minimum atomic E-state index is -0.816. The maximum atomic E-state index is 12.4. The van der Waals surface area contributed by atoms with E-state index in [1.807, 2.05) is 6.08 Å². The Morgan fingerprint density at radius 2 is 2.00 bits per heavy atom. The van der Waals surface area contributed by atoms with Crippen molar-refractivity contribution in [2.24, 2.45) is 34.5 Å². The molecular weight excluding hydrogens is 348 g/mol. The maximum Gasteiger partial charge on any atom is 0.178 e. The zero-order chi connectivity index (χ0) is 19.1. The average molecular weight is 377 g/mol. The summed E-state index contributed by atoms with van der Waals surface area (Å²) in [6.45, 7) is 8.14. The molecule has 0 amide bonds. The second-order valence-electron chi connectivity index (χ2n) is 9.65. The Bertz CT molecular complexity index is 740. The van der Waals surface area contributed by atoms with Crippen LogP contribution in [0.25, 0.3) is 0 Å². The quantitative estimate of drug-likeness (QED) is 0.701. The molecule has 0 aromatic rings. The number of allylic oxidation sites excluding steroid dienone is 4. The Kier molecular flexibility index (Phi) is 3.93. The van der Waals surface area contributed by atoms with Crippen LogP contribution < -0.4 is 0 Å². The first-order valence-corrected chi connectivity index (χ1v) is 10.2. The third kappa shape index (κ3) is 2.05. The van der Waals surface area contributed by atoms with Crippen LogP contribution in [-0.4, -0.2) is 27.7 Å². The van der Waals surface area contributed by atoms with Gasteiger partial charge in [-0.25, -0.2) is 0 Å². The molecule has 0 spiro atoms. The third-order valence-electron chi connectivity index (χ3n) is 8.42. The number of carbonyl (C=O) groups excluding carboxylic acids is 2. The summed E-state index contributed by atoms with van der Waals surface area (Å²) >= 11 is 7.36. The molecule has 1 N–H and O–H groups in total. The largest absolute Gasteiger partial charge is 0.391 e. The normalized spacial score (nSPS) is 52.8. The average Bonchev–Trinajstić information content (AvgIpc) is 2.80. The standard InChI is InChI=1S/C22H29ClO3/c1-12-9-17-16-6-5-14-10-15(25)7-8-21(14,4)22(16,23)18(26)11-20(17,3)19(12)13(2)24/h7-8,10,12,16-19,26H,5-6,9,11H2,1-4H3/t12?,16-,17-,18?,19+,20-,21-,22-/m0/s1. The number of hydrogen-bond donors (Lipinski definition) is 1. The van der Waals surface area contributed by atoms with Crippen LogP contribution >= 0.6 is 11.6 Å². The van der Waals surface area contributed by atoms with E-state index in [9.17, 15) is 14.7 Å². The lowest BCUT2D eigenvalue weighted by molar-refractivity contribution is -0.134. The summed E-state index contributed by atoms with van der Waals surface area (Å²) < 4.78 is 0. The van der Waals surface area contributed by atoms with Gasteiger partial charge in [0.25, 0.3) is 0 Å². The SMILES string of the molecule is CC(=O)[C@H]1C(C)C[C@H]2[C@@H]3CCC4=CC(=O)C=C[C@]4(C)[C@@]3(Cl)C(O)C[C@]12C. The Labute approximate surface area is 160 Å². The van der Waals surface area contributed by atoms with E-state index in [2.05, 4.69) is 20.8 Å². The molecule has 4 aliphatic rings. The van der Waals surface area contributed by atoms with Crippen molar-refractivity contribution in [3.8, 4) is 0 Å². The van der Waals surface area contributed by atoms with Gasteiger partial charge < -0.3 is 5.11 Å². The molecule has 0 aromatic heterocycles. The van der Waals surface area contributed by atoms with Gasteiger partial charge in [0, 0.05) is 11.3 Å². The van der Waals surface area contributed by atoms with E-state index in [0.29, 0.717) is 18.3 Å². The van der Waals surface area contributed by atoms with Gasteiger partial charge in [-0.05, 0) is 67.9 Å². The van der Waals surface area contributed by atoms with E-state index >= 15 is 0 Å². The summed E-state index contributed by atoms with van der Waals surface area (Å²) in [4.78, 5) is 23.5. The number of carbonyl (C=O) groups is 2. The molecule has 8 atom stereocenters. The highest BCUT2D eigenvalue weighted by molar-refractivity contribution is 6.26. The zero-order valence-electron chi connectivity index (χ0n) is 16.1. The highest BCUT2D eigenvalue weighted by Gasteiger charge is 2.70. The topological polar surface area (TPSA) is 54.4 Å². The smallest absolute Gasteiger partial charge is 0.178 e. The molecule has 4 heteroatoms. The van der Waals surface area contributed by atoms with Crippen LogP contribution in [0.3, 0.4) is 0 Å². The van der Waals surface area contributed by atoms with Crippen molar-refractivity contribution in [2.45, 2.75) is 64.4 Å². The Morgan fingerprint density at radius 1 is 1.31 bits per heavy atom. The van der Waals surface area contributed by atoms with Gasteiger partial charge in [0.1, 0.15) is 5.78 Å². The van der Waals surface area contributed by atoms with Crippen molar-refractivity contribution in [2.75, 3.05) is 0 Å². The molecular formula is C22H29ClO3. The second-order valence-corrected chi connectivity index (χ2v) is 10.3. The summed E-state index contributed by atoms with van der Waals surface area (Å²) in [7, 11) is 0. The Morgan fingerprint density at radius 3 is 2.65 bits per heavy atom. The lowest BCUT2D eigenvalue weighted by atomic mass is 9.46. The molecule has 142 valence electrons. The highest BCUT2D eigenvalue weighted by Crippen LogP contribution is 2.70. The molecule has 4 rings (SSSR count). The van der Waals surface area contributed by atoms with E-state index in [1.54, 1.807) is 19.1 Å². The fraction of sp³-hybridized carbons (Fsp3) is 0.727. The predicted octanol–water partition coefficient (Wildman–Crippen LogP) is 4.08. The lowest BCUT2D eigenvalue weighted by Gasteiger charge is -2.63. The van der Waals surface area contributed by atoms with Crippen molar-refractivity contribution < 1.29 is 14.7 Å². The molecule has 0 aliphatic heterocycles. The molecule has 2 unspecified atom stereocenters. The van der Waals surface area contributed by atoms with E-state index < -0.39 is 16.4 Å². The minimum absolute atomic E-state index is 0.00316. The molecule has 0 aromatic carbocycles. The van der Waals surface area contributed by atoms with Crippen molar-refractivity contribution >= 4 is 23.2 Å². The van der Waals surface area contributed by atoms with Crippen molar-refractivity contribution in [1.29, 1.82) is 0 Å². The lowest BCUT2D eigenvalue weighted by Crippen LogP contribution is -2.66. The van der Waals surface area contributed by atoms with Crippen LogP contribution in [-0.2, 0) is 9.59 Å². The van der Waals surface area contributed by atoms with E-state index in [-0.39, 0.29) is 28.8 Å². The van der Waals surface area contributed by atoms with Gasteiger partial charge in [-0.3, -0.25) is 9.59 Å². The third-order valence-corrected chi connectivity index (χ3v) is 9.34. The number of aliphatic hydroxyl groups excluding tert-OH is 1. The molecule has 0 heterocycles. The molecule has 0 radical (unpaired) electrons. The number of fused-ring (bicyclic) bond motifs is 5. The monoisotopic (exact) mass is 376 g/mol. The summed E-state index contributed by atoms with van der Waals surface area (Å²) in [5, 5.41) is 11.3. The van der Waals surface area contributed by atoms with Crippen LogP contribution in [0.2, 0.25) is 0 Å². The minimum Gasteiger partial charge on any atom is -0.391 e. The first-order chi connectivity index (χ1) is 12.1. The maximum absolute atomic E-state index is 12.4. The van der Waals surface area contributed by atoms with Gasteiger partial charge >= 0.3 is 0 Å². The fourth-order valence-corrected chi connectivity index (χ4v) is 7.97. The van der Waals surface area contributed by atoms with Crippen molar-refractivity contribution in [3.05, 3.63) is 23.8 Å². The highest BCUT2D eigenvalue weighted by atomic mass is 35.5. The summed E-state index contributed by atoms with van der Waals surface area (Å²) in [6, 6.07) is 0. The number of Topliss-reactive ketones (excluding diaryl/α,β-unsaturated/α-hetero) is 1. The van der Waals surface area contributed by atoms with E-state index in [4.69, 9.17) is 11.6 Å². The Hall–Kier alpha value is -0.930. The summed E-state index contributed by atoms with van der Waals surface area (Å²) in [5.41, 5.74) is 0.344. The van der Waals surface area contributed by atoms with Crippen LogP contribution in [0, 0.1) is 34.5 Å². The Balaban J connectivity index is 1.82. The molecule has 0 saturated heterocycles. The molecule has 3 fully saturated rings. The van der Waals surface area contributed by atoms with Gasteiger partial charge in [-0.2, -0.15) is 0 Å². The van der Waals surface area contributed by atoms with Crippen molar-refractivity contribution in [3.63, 3.8) is 0 Å². The van der Waals surface area contributed by atoms with Gasteiger partial charge in [0.15, 0.2) is 5.78 Å². The molecule has 0 bridgehead atoms. The number of ketones is 2. The van der Waals surface area contributed by atoms with Crippen LogP contribution in [0.4, 0.5) is 0 Å². The molecule has 3 nitrogen and oxygen atoms in total. The van der Waals surface area contributed by atoms with Crippen LogP contribution in [0.15, 0.2) is 23.8 Å². The van der Waals surface area contributed by atoms with Gasteiger partial charge in [-0.1, -0.05) is 32.4 Å². The zero-order valence-corrected chi connectivity index (χ0v) is 16.8. The first kappa shape index (κ1) is 18.4. The number of alkyl halides is 1. The molecule has 26 heavy (non-hydrogen) atoms. The van der Waals surface area contributed by atoms with Crippen LogP contribution in [0.1, 0.15) is 53.4 Å². The molecule has 4 aliphatic carbocycles. The molecule has 3 saturated carbocycles. The number of hydrogen-bond acceptors (Lipinski definition) is 3. The van der Waals surface area contributed by atoms with Crippen LogP contribution in [0.5, 0.6) is 0 Å². The van der Waals surface area contributed by atoms with Crippen molar-refractivity contribution in [1.82, 2.24) is 0 Å². The van der Waals surface area contributed by atoms with Gasteiger partial charge in [-0.15, -0.1) is 11.6 Å². The second kappa shape index (κ2) is 5.54. The fourth-order valence-electron chi connectivity index (χ4n) is 7.44. The predicted molar refractivity (Wildman–Crippen MR) is 102 cm³/mol.